The van der Waals surface area contributed by atoms with Gasteiger partial charge in [0.25, 0.3) is 5.91 Å². The van der Waals surface area contributed by atoms with Gasteiger partial charge in [0.15, 0.2) is 5.54 Å². The highest BCUT2D eigenvalue weighted by atomic mass is 16.5. The Labute approximate surface area is 199 Å². The van der Waals surface area contributed by atoms with Crippen molar-refractivity contribution in [2.45, 2.75) is 38.0 Å². The minimum atomic E-state index is -1.09. The van der Waals surface area contributed by atoms with Gasteiger partial charge < -0.3 is 19.9 Å². The molecule has 0 unspecified atom stereocenters. The summed E-state index contributed by atoms with van der Waals surface area (Å²) in [5.74, 6) is 0.942. The minimum Gasteiger partial charge on any atom is -0.494 e. The molecule has 0 saturated carbocycles. The van der Waals surface area contributed by atoms with Crippen molar-refractivity contribution in [3.8, 4) is 5.75 Å². The van der Waals surface area contributed by atoms with Gasteiger partial charge in [0, 0.05) is 31.6 Å². The Balaban J connectivity index is 1.53. The summed E-state index contributed by atoms with van der Waals surface area (Å²) in [5, 5.41) is 14.2. The molecule has 3 aromatic rings. The predicted octanol–water partition coefficient (Wildman–Crippen LogP) is 4.40. The van der Waals surface area contributed by atoms with Crippen molar-refractivity contribution in [1.29, 1.82) is 0 Å². The van der Waals surface area contributed by atoms with E-state index in [1.54, 1.807) is 6.08 Å². The third-order valence-electron chi connectivity index (χ3n) is 6.10. The summed E-state index contributed by atoms with van der Waals surface area (Å²) in [4.78, 5) is 18.2. The van der Waals surface area contributed by atoms with Crippen molar-refractivity contribution in [3.05, 3.63) is 90.5 Å². The zero-order valence-electron chi connectivity index (χ0n) is 19.4. The Hall–Kier alpha value is -3.64. The molecule has 0 bridgehead atoms. The number of ether oxygens (including phenoxy) is 2. The lowest BCUT2D eigenvalue weighted by atomic mass is 9.89. The fourth-order valence-electron chi connectivity index (χ4n) is 4.18. The number of hydrogen-bond acceptors (Lipinski definition) is 5. The van der Waals surface area contributed by atoms with Crippen LogP contribution in [0, 0.1) is 0 Å². The summed E-state index contributed by atoms with van der Waals surface area (Å²) >= 11 is 0. The van der Waals surface area contributed by atoms with Crippen LogP contribution in [0.4, 0.5) is 0 Å². The first-order valence-electron chi connectivity index (χ1n) is 11.5. The standard InChI is InChI=1S/C28H30N2O4/c1-3-16-28(27(32)29-19-23-10-6-9-21-8-4-5-11-25(21)23)20(2)34-26(30-28)22-12-14-24(15-13-22)33-18-7-17-31/h3-6,8-15,20,31H,1,7,16-19H2,2H3,(H,29,32)/t20-,28-/m1/s1. The maximum atomic E-state index is 13.5. The predicted molar refractivity (Wildman–Crippen MR) is 134 cm³/mol. The van der Waals surface area contributed by atoms with E-state index >= 15 is 0 Å². The van der Waals surface area contributed by atoms with Crippen LogP contribution < -0.4 is 10.1 Å². The molecule has 0 saturated heterocycles. The van der Waals surface area contributed by atoms with Crippen LogP contribution in [0.15, 0.2) is 84.4 Å². The monoisotopic (exact) mass is 458 g/mol. The number of aliphatic imine (C=N–C) groups is 1. The molecule has 1 aliphatic rings. The van der Waals surface area contributed by atoms with Crippen molar-refractivity contribution in [3.63, 3.8) is 0 Å². The van der Waals surface area contributed by atoms with Crippen LogP contribution in [0.1, 0.15) is 30.9 Å². The molecule has 2 N–H and O–H groups in total. The Kier molecular flexibility index (Phi) is 7.28. The Morgan fingerprint density at radius 2 is 1.94 bits per heavy atom. The van der Waals surface area contributed by atoms with E-state index in [-0.39, 0.29) is 12.5 Å². The number of nitrogens with one attached hydrogen (secondary N) is 1. The average molecular weight is 459 g/mol. The molecule has 0 radical (unpaired) electrons. The number of aliphatic hydroxyl groups is 1. The van der Waals surface area contributed by atoms with E-state index in [2.05, 4.69) is 30.1 Å². The number of hydrogen-bond donors (Lipinski definition) is 2. The highest BCUT2D eigenvalue weighted by molar-refractivity contribution is 6.01. The number of carbonyl (C=O) groups is 1. The number of amides is 1. The molecule has 176 valence electrons. The topological polar surface area (TPSA) is 80.2 Å². The van der Waals surface area contributed by atoms with Gasteiger partial charge in [-0.2, -0.15) is 0 Å². The van der Waals surface area contributed by atoms with E-state index in [1.807, 2.05) is 55.5 Å². The maximum Gasteiger partial charge on any atom is 0.252 e. The summed E-state index contributed by atoms with van der Waals surface area (Å²) in [7, 11) is 0. The fourth-order valence-corrected chi connectivity index (χ4v) is 4.18. The highest BCUT2D eigenvalue weighted by Crippen LogP contribution is 2.33. The van der Waals surface area contributed by atoms with Gasteiger partial charge in [-0.15, -0.1) is 6.58 Å². The Morgan fingerprint density at radius 1 is 1.18 bits per heavy atom. The van der Waals surface area contributed by atoms with Crippen LogP contribution in [0.5, 0.6) is 5.75 Å². The van der Waals surface area contributed by atoms with Crippen LogP contribution in [-0.4, -0.2) is 41.8 Å². The number of carbonyl (C=O) groups excluding carboxylic acids is 1. The van der Waals surface area contributed by atoms with Gasteiger partial charge in [-0.25, -0.2) is 4.99 Å². The molecule has 0 fully saturated rings. The van der Waals surface area contributed by atoms with E-state index < -0.39 is 11.6 Å². The molecule has 0 aliphatic carbocycles. The lowest BCUT2D eigenvalue weighted by Gasteiger charge is -2.27. The molecule has 1 heterocycles. The summed E-state index contributed by atoms with van der Waals surface area (Å²) in [6, 6.07) is 21.6. The Morgan fingerprint density at radius 3 is 2.71 bits per heavy atom. The first kappa shape index (κ1) is 23.5. The number of fused-ring (bicyclic) bond motifs is 1. The molecule has 6 nitrogen and oxygen atoms in total. The SMILES string of the molecule is C=CC[C@@]1(C(=O)NCc2cccc3ccccc23)N=C(c2ccc(OCCCO)cc2)O[C@@H]1C. The summed E-state index contributed by atoms with van der Waals surface area (Å²) in [5.41, 5.74) is 0.736. The second kappa shape index (κ2) is 10.5. The van der Waals surface area contributed by atoms with Gasteiger partial charge in [-0.1, -0.05) is 48.5 Å². The third kappa shape index (κ3) is 4.82. The van der Waals surface area contributed by atoms with E-state index in [0.29, 0.717) is 37.6 Å². The zero-order valence-corrected chi connectivity index (χ0v) is 19.4. The minimum absolute atomic E-state index is 0.0918. The van der Waals surface area contributed by atoms with Crippen molar-refractivity contribution < 1.29 is 19.4 Å². The second-order valence-corrected chi connectivity index (χ2v) is 8.37. The molecule has 2 atom stereocenters. The third-order valence-corrected chi connectivity index (χ3v) is 6.10. The molecule has 0 aromatic heterocycles. The molecule has 34 heavy (non-hydrogen) atoms. The van der Waals surface area contributed by atoms with E-state index in [1.165, 1.54) is 0 Å². The van der Waals surface area contributed by atoms with Gasteiger partial charge >= 0.3 is 0 Å². The van der Waals surface area contributed by atoms with E-state index in [4.69, 9.17) is 19.6 Å². The quantitative estimate of drug-likeness (QED) is 0.349. The lowest BCUT2D eigenvalue weighted by molar-refractivity contribution is -0.128. The molecule has 1 amide bonds. The highest BCUT2D eigenvalue weighted by Gasteiger charge is 2.49. The van der Waals surface area contributed by atoms with Gasteiger partial charge in [-0.3, -0.25) is 4.79 Å². The van der Waals surface area contributed by atoms with Crippen LogP contribution >= 0.6 is 0 Å². The van der Waals surface area contributed by atoms with Gasteiger partial charge in [0.2, 0.25) is 5.90 Å². The van der Waals surface area contributed by atoms with Crippen molar-refractivity contribution >= 4 is 22.6 Å². The summed E-state index contributed by atoms with van der Waals surface area (Å²) in [6.45, 7) is 6.66. The van der Waals surface area contributed by atoms with E-state index in [9.17, 15) is 4.79 Å². The van der Waals surface area contributed by atoms with Gasteiger partial charge in [0.1, 0.15) is 11.9 Å². The van der Waals surface area contributed by atoms with Crippen LogP contribution in [0.3, 0.4) is 0 Å². The maximum absolute atomic E-state index is 13.5. The zero-order chi connectivity index (χ0) is 24.0. The fraction of sp³-hybridized carbons (Fsp3) is 0.286. The largest absolute Gasteiger partial charge is 0.494 e. The first-order valence-corrected chi connectivity index (χ1v) is 11.5. The number of aliphatic hydroxyl groups excluding tert-OH is 1. The van der Waals surface area contributed by atoms with Crippen LogP contribution in [-0.2, 0) is 16.1 Å². The van der Waals surface area contributed by atoms with E-state index in [0.717, 1.165) is 21.9 Å². The van der Waals surface area contributed by atoms with Gasteiger partial charge in [0.05, 0.1) is 6.61 Å². The van der Waals surface area contributed by atoms with Gasteiger partial charge in [-0.05, 0) is 47.5 Å². The molecule has 0 spiro atoms. The molecular formula is C28H30N2O4. The lowest BCUT2D eigenvalue weighted by Crippen LogP contribution is -2.50. The van der Waals surface area contributed by atoms with Crippen molar-refractivity contribution in [1.82, 2.24) is 5.32 Å². The number of benzene rings is 3. The van der Waals surface area contributed by atoms with Crippen molar-refractivity contribution in [2.24, 2.45) is 4.99 Å². The molecule has 1 aliphatic heterocycles. The molecule has 3 aromatic carbocycles. The molecule has 4 rings (SSSR count). The number of nitrogens with zero attached hydrogens (tertiary/aromatic N) is 1. The van der Waals surface area contributed by atoms with Crippen LogP contribution in [0.2, 0.25) is 0 Å². The molecule has 6 heteroatoms. The van der Waals surface area contributed by atoms with Crippen LogP contribution in [0.25, 0.3) is 10.8 Å². The molecular weight excluding hydrogens is 428 g/mol. The average Bonchev–Trinajstić information content (AvgIpc) is 3.20. The number of rotatable bonds is 10. The summed E-state index contributed by atoms with van der Waals surface area (Å²) < 4.78 is 11.7. The normalized spacial score (nSPS) is 19.4. The second-order valence-electron chi connectivity index (χ2n) is 8.37. The summed E-state index contributed by atoms with van der Waals surface area (Å²) in [6.07, 6.45) is 2.20. The smallest absolute Gasteiger partial charge is 0.252 e. The Bertz CT molecular complexity index is 1180. The first-order chi connectivity index (χ1) is 16.6. The van der Waals surface area contributed by atoms with Crippen molar-refractivity contribution in [2.75, 3.05) is 13.2 Å².